The van der Waals surface area contributed by atoms with Crippen molar-refractivity contribution in [3.63, 3.8) is 0 Å². The summed E-state index contributed by atoms with van der Waals surface area (Å²) in [5.41, 5.74) is 6.60. The number of Topliss-reactive ketones (excluding diaryl/α,β-unsaturated/α-hetero) is 1. The predicted molar refractivity (Wildman–Crippen MR) is 69.4 cm³/mol. The normalized spacial score (nSPS) is 12.6. The van der Waals surface area contributed by atoms with Gasteiger partial charge in [-0.25, -0.2) is 0 Å². The lowest BCUT2D eigenvalue weighted by Gasteiger charge is -2.12. The van der Waals surface area contributed by atoms with Crippen LogP contribution >= 0.6 is 0 Å². The number of hydrogen-bond acceptors (Lipinski definition) is 4. The zero-order valence-electron chi connectivity index (χ0n) is 9.84. The van der Waals surface area contributed by atoms with Gasteiger partial charge in [-0.1, -0.05) is 30.3 Å². The van der Waals surface area contributed by atoms with Gasteiger partial charge in [0.15, 0.2) is 5.78 Å². The number of aliphatic hydroxyl groups is 1. The van der Waals surface area contributed by atoms with Crippen molar-refractivity contribution < 1.29 is 15.0 Å². The van der Waals surface area contributed by atoms with Crippen molar-refractivity contribution in [2.45, 2.75) is 12.5 Å². The molecule has 0 unspecified atom stereocenters. The number of carbonyl (C=O) groups excluding carboxylic acids is 1. The Morgan fingerprint density at radius 1 is 1.17 bits per heavy atom. The van der Waals surface area contributed by atoms with E-state index in [1.165, 1.54) is 0 Å². The fourth-order valence-corrected chi connectivity index (χ4v) is 1.99. The van der Waals surface area contributed by atoms with Gasteiger partial charge in [0.05, 0.1) is 6.04 Å². The first-order valence-electron chi connectivity index (χ1n) is 5.72. The number of aliphatic hydroxyl groups excluding tert-OH is 1. The monoisotopic (exact) mass is 245 g/mol. The highest BCUT2D eigenvalue weighted by Crippen LogP contribution is 2.27. The van der Waals surface area contributed by atoms with Crippen LogP contribution in [0.25, 0.3) is 10.8 Å². The lowest BCUT2D eigenvalue weighted by molar-refractivity contribution is -0.122. The molecule has 0 saturated carbocycles. The van der Waals surface area contributed by atoms with Crippen LogP contribution in [0.15, 0.2) is 36.4 Å². The first-order valence-corrected chi connectivity index (χ1v) is 5.72. The summed E-state index contributed by atoms with van der Waals surface area (Å²) < 4.78 is 0. The van der Waals surface area contributed by atoms with Crippen molar-refractivity contribution in [3.05, 3.63) is 42.0 Å². The Bertz CT molecular complexity index is 580. The molecule has 0 radical (unpaired) electrons. The molecule has 2 aromatic carbocycles. The van der Waals surface area contributed by atoms with Crippen molar-refractivity contribution in [3.8, 4) is 5.75 Å². The molecule has 0 aromatic heterocycles. The summed E-state index contributed by atoms with van der Waals surface area (Å²) in [4.78, 5) is 11.3. The average Bonchev–Trinajstić information content (AvgIpc) is 2.41. The largest absolute Gasteiger partial charge is 0.507 e. The van der Waals surface area contributed by atoms with Crippen LogP contribution in [0.1, 0.15) is 5.56 Å². The second kappa shape index (κ2) is 5.16. The lowest BCUT2D eigenvalue weighted by atomic mass is 9.97. The molecule has 2 rings (SSSR count). The van der Waals surface area contributed by atoms with Crippen molar-refractivity contribution in [2.24, 2.45) is 5.73 Å². The molecular formula is C14H15NO3. The minimum absolute atomic E-state index is 0.205. The third-order valence-electron chi connectivity index (χ3n) is 3.00. The molecule has 0 spiro atoms. The van der Waals surface area contributed by atoms with E-state index in [2.05, 4.69) is 0 Å². The van der Waals surface area contributed by atoms with Crippen LogP contribution in [0.5, 0.6) is 5.75 Å². The molecule has 0 amide bonds. The second-order valence-corrected chi connectivity index (χ2v) is 4.22. The van der Waals surface area contributed by atoms with Gasteiger partial charge in [-0.3, -0.25) is 4.79 Å². The van der Waals surface area contributed by atoms with Crippen molar-refractivity contribution in [1.82, 2.24) is 0 Å². The third kappa shape index (κ3) is 2.34. The molecule has 0 bridgehead atoms. The number of rotatable bonds is 4. The molecule has 0 heterocycles. The number of carbonyl (C=O) groups is 1. The van der Waals surface area contributed by atoms with Crippen LogP contribution in [-0.4, -0.2) is 28.6 Å². The highest BCUT2D eigenvalue weighted by atomic mass is 16.3. The molecule has 0 saturated heterocycles. The number of fused-ring (bicyclic) bond motifs is 1. The molecule has 1 atom stereocenters. The van der Waals surface area contributed by atoms with E-state index in [1.807, 2.05) is 24.3 Å². The topological polar surface area (TPSA) is 83.5 Å². The summed E-state index contributed by atoms with van der Waals surface area (Å²) >= 11 is 0. The van der Waals surface area contributed by atoms with E-state index in [0.29, 0.717) is 6.42 Å². The standard InChI is InChI=1S/C14H15NO3/c15-12(14(18)8-16)7-9-5-6-13(17)11-4-2-1-3-10(9)11/h1-6,12,16-17H,7-8,15H2/t12-/m0/s1. The van der Waals surface area contributed by atoms with E-state index in [4.69, 9.17) is 10.8 Å². The van der Waals surface area contributed by atoms with Crippen LogP contribution < -0.4 is 5.73 Å². The first kappa shape index (κ1) is 12.5. The lowest BCUT2D eigenvalue weighted by Crippen LogP contribution is -2.34. The van der Waals surface area contributed by atoms with Gasteiger partial charge < -0.3 is 15.9 Å². The molecule has 4 N–H and O–H groups in total. The summed E-state index contributed by atoms with van der Waals surface area (Å²) in [6.07, 6.45) is 0.347. The van der Waals surface area contributed by atoms with Gasteiger partial charge in [0, 0.05) is 5.39 Å². The number of phenolic OH excluding ortho intramolecular Hbond substituents is 1. The minimum Gasteiger partial charge on any atom is -0.507 e. The second-order valence-electron chi connectivity index (χ2n) is 4.22. The Labute approximate surface area is 105 Å². The van der Waals surface area contributed by atoms with Crippen molar-refractivity contribution in [1.29, 1.82) is 0 Å². The van der Waals surface area contributed by atoms with Gasteiger partial charge in [-0.05, 0) is 23.4 Å². The molecular weight excluding hydrogens is 230 g/mol. The predicted octanol–water partition coefficient (Wildman–Crippen LogP) is 0.977. The van der Waals surface area contributed by atoms with E-state index in [1.54, 1.807) is 12.1 Å². The number of nitrogens with two attached hydrogens (primary N) is 1. The number of hydrogen-bond donors (Lipinski definition) is 3. The Balaban J connectivity index is 2.40. The molecule has 18 heavy (non-hydrogen) atoms. The van der Waals surface area contributed by atoms with E-state index < -0.39 is 12.6 Å². The fraction of sp³-hybridized carbons (Fsp3) is 0.214. The quantitative estimate of drug-likeness (QED) is 0.749. The van der Waals surface area contributed by atoms with Crippen molar-refractivity contribution >= 4 is 16.6 Å². The molecule has 4 heteroatoms. The van der Waals surface area contributed by atoms with Gasteiger partial charge in [0.25, 0.3) is 0 Å². The van der Waals surface area contributed by atoms with E-state index in [0.717, 1.165) is 16.3 Å². The zero-order valence-corrected chi connectivity index (χ0v) is 9.84. The Hall–Kier alpha value is -1.91. The average molecular weight is 245 g/mol. The molecule has 4 nitrogen and oxygen atoms in total. The molecule has 0 aliphatic rings. The molecule has 2 aromatic rings. The highest BCUT2D eigenvalue weighted by molar-refractivity contribution is 5.92. The van der Waals surface area contributed by atoms with Crippen LogP contribution in [0, 0.1) is 0 Å². The van der Waals surface area contributed by atoms with Crippen LogP contribution in [0.2, 0.25) is 0 Å². The summed E-state index contributed by atoms with van der Waals surface area (Å²) in [7, 11) is 0. The van der Waals surface area contributed by atoms with Gasteiger partial charge in [-0.15, -0.1) is 0 Å². The van der Waals surface area contributed by atoms with Crippen LogP contribution in [0.4, 0.5) is 0 Å². The van der Waals surface area contributed by atoms with E-state index in [-0.39, 0.29) is 11.5 Å². The van der Waals surface area contributed by atoms with Crippen molar-refractivity contribution in [2.75, 3.05) is 6.61 Å². The SMILES string of the molecule is N[C@@H](Cc1ccc(O)c2ccccc12)C(=O)CO. The number of benzene rings is 2. The van der Waals surface area contributed by atoms with Gasteiger partial charge in [0.2, 0.25) is 0 Å². The van der Waals surface area contributed by atoms with Crippen LogP contribution in [0.3, 0.4) is 0 Å². The van der Waals surface area contributed by atoms with E-state index >= 15 is 0 Å². The number of aromatic hydroxyl groups is 1. The maximum Gasteiger partial charge on any atom is 0.175 e. The number of phenols is 1. The summed E-state index contributed by atoms with van der Waals surface area (Å²) in [5.74, 6) is -0.177. The first-order chi connectivity index (χ1) is 8.63. The van der Waals surface area contributed by atoms with Gasteiger partial charge >= 0.3 is 0 Å². The highest BCUT2D eigenvalue weighted by Gasteiger charge is 2.14. The molecule has 0 fully saturated rings. The Morgan fingerprint density at radius 3 is 2.50 bits per heavy atom. The maximum absolute atomic E-state index is 11.3. The third-order valence-corrected chi connectivity index (χ3v) is 3.00. The molecule has 0 aliphatic heterocycles. The summed E-state index contributed by atoms with van der Waals surface area (Å²) in [6.45, 7) is -0.544. The summed E-state index contributed by atoms with van der Waals surface area (Å²) in [5, 5.41) is 20.1. The fourth-order valence-electron chi connectivity index (χ4n) is 1.99. The zero-order chi connectivity index (χ0) is 13.1. The van der Waals surface area contributed by atoms with Gasteiger partial charge in [0.1, 0.15) is 12.4 Å². The Kier molecular flexibility index (Phi) is 3.60. The Morgan fingerprint density at radius 2 is 1.83 bits per heavy atom. The van der Waals surface area contributed by atoms with Gasteiger partial charge in [-0.2, -0.15) is 0 Å². The molecule has 0 aliphatic carbocycles. The summed E-state index contributed by atoms with van der Waals surface area (Å²) in [6, 6.07) is 10.0. The van der Waals surface area contributed by atoms with Crippen LogP contribution in [-0.2, 0) is 11.2 Å². The number of ketones is 1. The molecule has 94 valence electrons. The minimum atomic E-state index is -0.719. The smallest absolute Gasteiger partial charge is 0.175 e. The van der Waals surface area contributed by atoms with E-state index in [9.17, 15) is 9.90 Å². The maximum atomic E-state index is 11.3.